The molecule has 2 aromatic heterocycles. The van der Waals surface area contributed by atoms with Crippen LogP contribution >= 0.6 is 15.9 Å². The predicted octanol–water partition coefficient (Wildman–Crippen LogP) is 6.75. The van der Waals surface area contributed by atoms with Gasteiger partial charge >= 0.3 is 0 Å². The minimum atomic E-state index is 1.16. The third-order valence-corrected chi connectivity index (χ3v) is 5.79. The molecule has 0 radical (unpaired) electrons. The number of nitrogens with zero attached hydrogens (tertiary/aromatic N) is 1. The average molecular weight is 370 g/mol. The first kappa shape index (κ1) is 12.8. The molecule has 0 N–H and O–H groups in total. The zero-order valence-electron chi connectivity index (χ0n) is 12.8. The second-order valence-electron chi connectivity index (χ2n) is 6.36. The van der Waals surface area contributed by atoms with E-state index in [-0.39, 0.29) is 0 Å². The molecule has 6 rings (SSSR count). The van der Waals surface area contributed by atoms with Crippen LogP contribution in [0.4, 0.5) is 0 Å². The molecule has 0 aliphatic heterocycles. The third-order valence-electron chi connectivity index (χ3n) is 5.16. The molecule has 0 aliphatic rings. The zero-order chi connectivity index (χ0) is 15.8. The van der Waals surface area contributed by atoms with E-state index in [4.69, 9.17) is 0 Å². The predicted molar refractivity (Wildman–Crippen MR) is 106 cm³/mol. The second kappa shape index (κ2) is 4.28. The van der Waals surface area contributed by atoms with Gasteiger partial charge in [-0.25, -0.2) is 0 Å². The van der Waals surface area contributed by atoms with Crippen LogP contribution in [0.25, 0.3) is 48.9 Å². The van der Waals surface area contributed by atoms with Crippen molar-refractivity contribution in [3.05, 3.63) is 77.3 Å². The van der Waals surface area contributed by atoms with Gasteiger partial charge in [-0.2, -0.15) is 0 Å². The van der Waals surface area contributed by atoms with E-state index in [9.17, 15) is 0 Å². The van der Waals surface area contributed by atoms with Gasteiger partial charge in [0.25, 0.3) is 0 Å². The Kier molecular flexibility index (Phi) is 2.28. The monoisotopic (exact) mass is 369 g/mol. The molecule has 6 aromatic rings. The highest BCUT2D eigenvalue weighted by molar-refractivity contribution is 9.10. The highest BCUT2D eigenvalue weighted by Crippen LogP contribution is 2.43. The number of hydrogen-bond donors (Lipinski definition) is 0. The number of benzene rings is 4. The molecule has 2 heteroatoms. The lowest BCUT2D eigenvalue weighted by atomic mass is 9.99. The van der Waals surface area contributed by atoms with Crippen LogP contribution in [0.15, 0.2) is 77.3 Å². The summed E-state index contributed by atoms with van der Waals surface area (Å²) in [4.78, 5) is 0. The first-order valence-corrected chi connectivity index (χ1v) is 8.88. The van der Waals surface area contributed by atoms with E-state index in [2.05, 4.69) is 93.1 Å². The lowest BCUT2D eigenvalue weighted by molar-refractivity contribution is 1.35. The molecule has 0 unspecified atom stereocenters. The first-order chi connectivity index (χ1) is 11.8. The van der Waals surface area contributed by atoms with Crippen LogP contribution in [0.2, 0.25) is 0 Å². The van der Waals surface area contributed by atoms with Gasteiger partial charge in [-0.1, -0.05) is 70.5 Å². The maximum Gasteiger partial charge on any atom is 0.0637 e. The maximum absolute atomic E-state index is 3.83. The molecule has 0 amide bonds. The third kappa shape index (κ3) is 1.37. The molecule has 1 nitrogen and oxygen atoms in total. The van der Waals surface area contributed by atoms with Crippen LogP contribution in [0, 0.1) is 0 Å². The minimum Gasteiger partial charge on any atom is -0.308 e. The second-order valence-corrected chi connectivity index (χ2v) is 7.21. The summed E-state index contributed by atoms with van der Waals surface area (Å²) < 4.78 is 3.59. The van der Waals surface area contributed by atoms with Gasteiger partial charge in [-0.15, -0.1) is 0 Å². The van der Waals surface area contributed by atoms with Gasteiger partial charge in [0, 0.05) is 26.0 Å². The summed E-state index contributed by atoms with van der Waals surface area (Å²) in [5, 5.41) is 7.88. The molecule has 0 saturated carbocycles. The number of aromatic nitrogens is 1. The number of pyridine rings is 1. The van der Waals surface area contributed by atoms with Crippen molar-refractivity contribution in [3.8, 4) is 0 Å². The summed E-state index contributed by atoms with van der Waals surface area (Å²) in [5.41, 5.74) is 3.85. The van der Waals surface area contributed by atoms with Crippen LogP contribution in [0.5, 0.6) is 0 Å². The fourth-order valence-corrected chi connectivity index (χ4v) is 4.90. The lowest BCUT2D eigenvalue weighted by Crippen LogP contribution is -1.92. The molecule has 0 atom stereocenters. The molecule has 0 bridgehead atoms. The SMILES string of the molecule is Brc1cc2cccc3c4ccccc4n4c5ccccc5c1c4c23. The Morgan fingerprint density at radius 1 is 0.625 bits per heavy atom. The van der Waals surface area contributed by atoms with Crippen LogP contribution in [0.1, 0.15) is 0 Å². The molecule has 0 spiro atoms. The summed E-state index contributed by atoms with van der Waals surface area (Å²) in [7, 11) is 0. The normalized spacial score (nSPS) is 12.4. The summed E-state index contributed by atoms with van der Waals surface area (Å²) in [6.07, 6.45) is 0. The van der Waals surface area contributed by atoms with Crippen LogP contribution in [0.3, 0.4) is 0 Å². The fourth-order valence-electron chi connectivity index (χ4n) is 4.25. The summed E-state index contributed by atoms with van der Waals surface area (Å²) in [6, 6.07) is 26.3. The Hall–Kier alpha value is -2.58. The van der Waals surface area contributed by atoms with E-state index in [0.717, 1.165) is 4.47 Å². The molecule has 0 saturated heterocycles. The van der Waals surface area contributed by atoms with Crippen LogP contribution < -0.4 is 0 Å². The molecule has 112 valence electrons. The van der Waals surface area contributed by atoms with Crippen molar-refractivity contribution in [1.29, 1.82) is 0 Å². The van der Waals surface area contributed by atoms with E-state index in [0.29, 0.717) is 0 Å². The molecular formula is C22H12BrN. The molecule has 0 aliphatic carbocycles. The number of halogens is 1. The van der Waals surface area contributed by atoms with Gasteiger partial charge in [0.1, 0.15) is 0 Å². The van der Waals surface area contributed by atoms with Crippen molar-refractivity contribution in [2.45, 2.75) is 0 Å². The van der Waals surface area contributed by atoms with Gasteiger partial charge in [0.15, 0.2) is 0 Å². The Balaban J connectivity index is 2.19. The van der Waals surface area contributed by atoms with Gasteiger partial charge in [0.2, 0.25) is 0 Å². The van der Waals surface area contributed by atoms with E-state index in [1.54, 1.807) is 0 Å². The number of rotatable bonds is 0. The molecule has 2 heterocycles. The van der Waals surface area contributed by atoms with E-state index < -0.39 is 0 Å². The Labute approximate surface area is 146 Å². The summed E-state index contributed by atoms with van der Waals surface area (Å²) in [6.45, 7) is 0. The van der Waals surface area contributed by atoms with Crippen molar-refractivity contribution in [2.24, 2.45) is 0 Å². The van der Waals surface area contributed by atoms with Crippen LogP contribution in [-0.2, 0) is 0 Å². The number of fused-ring (bicyclic) bond motifs is 6. The smallest absolute Gasteiger partial charge is 0.0637 e. The molecule has 24 heavy (non-hydrogen) atoms. The van der Waals surface area contributed by atoms with Crippen molar-refractivity contribution in [3.63, 3.8) is 0 Å². The Bertz CT molecular complexity index is 1410. The maximum atomic E-state index is 3.83. The zero-order valence-corrected chi connectivity index (χ0v) is 14.3. The molecular weight excluding hydrogens is 358 g/mol. The van der Waals surface area contributed by atoms with Gasteiger partial charge in [-0.05, 0) is 29.0 Å². The van der Waals surface area contributed by atoms with Gasteiger partial charge < -0.3 is 4.40 Å². The molecule has 0 fully saturated rings. The Morgan fingerprint density at radius 2 is 1.29 bits per heavy atom. The van der Waals surface area contributed by atoms with E-state index >= 15 is 0 Å². The Morgan fingerprint density at radius 3 is 2.12 bits per heavy atom. The summed E-state index contributed by atoms with van der Waals surface area (Å²) >= 11 is 3.83. The standard InChI is InChI=1S/C22H12BrN/c23-17-12-13-6-5-9-15-14-7-1-3-10-18(14)24-19-11-4-2-8-16(19)21(17)22(24)20(13)15/h1-12H. The molecule has 4 aromatic carbocycles. The first-order valence-electron chi connectivity index (χ1n) is 8.09. The largest absolute Gasteiger partial charge is 0.308 e. The average Bonchev–Trinajstić information content (AvgIpc) is 2.98. The van der Waals surface area contributed by atoms with Crippen molar-refractivity contribution in [2.75, 3.05) is 0 Å². The van der Waals surface area contributed by atoms with Gasteiger partial charge in [-0.3, -0.25) is 0 Å². The topological polar surface area (TPSA) is 4.41 Å². The van der Waals surface area contributed by atoms with Crippen molar-refractivity contribution in [1.82, 2.24) is 4.40 Å². The van der Waals surface area contributed by atoms with Crippen molar-refractivity contribution < 1.29 is 0 Å². The highest BCUT2D eigenvalue weighted by atomic mass is 79.9. The van der Waals surface area contributed by atoms with E-state index in [1.807, 2.05) is 0 Å². The van der Waals surface area contributed by atoms with Gasteiger partial charge in [0.05, 0.1) is 16.6 Å². The van der Waals surface area contributed by atoms with Crippen LogP contribution in [-0.4, -0.2) is 4.40 Å². The quantitative estimate of drug-likeness (QED) is 0.206. The van der Waals surface area contributed by atoms with Crippen molar-refractivity contribution >= 4 is 64.8 Å². The highest BCUT2D eigenvalue weighted by Gasteiger charge is 2.19. The summed E-state index contributed by atoms with van der Waals surface area (Å²) in [5.74, 6) is 0. The minimum absolute atomic E-state index is 1.16. The number of hydrogen-bond acceptors (Lipinski definition) is 0. The fraction of sp³-hybridized carbons (Fsp3) is 0. The lowest BCUT2D eigenvalue weighted by Gasteiger charge is -2.13. The number of para-hydroxylation sites is 2. The van der Waals surface area contributed by atoms with E-state index in [1.165, 1.54) is 48.9 Å².